The number of benzene rings is 1. The zero-order valence-electron chi connectivity index (χ0n) is 13.5. The van der Waals surface area contributed by atoms with Crippen molar-refractivity contribution < 1.29 is 14.6 Å². The second kappa shape index (κ2) is 6.78. The highest BCUT2D eigenvalue weighted by Gasteiger charge is 2.23. The Labute approximate surface area is 139 Å². The first-order chi connectivity index (χ1) is 11.6. The number of hydrogen-bond acceptors (Lipinski definition) is 4. The molecular weight excluding hydrogens is 308 g/mol. The van der Waals surface area contributed by atoms with Crippen LogP contribution in [0, 0.1) is 0 Å². The molecular formula is C18H20N2O4. The first kappa shape index (κ1) is 16.1. The van der Waals surface area contributed by atoms with Gasteiger partial charge in [-0.15, -0.1) is 0 Å². The maximum Gasteiger partial charge on any atom is 0.264 e. The summed E-state index contributed by atoms with van der Waals surface area (Å²) in [5, 5.41) is 13.1. The Hall–Kier alpha value is -2.76. The van der Waals surface area contributed by atoms with Gasteiger partial charge in [0.25, 0.3) is 11.5 Å². The van der Waals surface area contributed by atoms with Crippen molar-refractivity contribution in [2.75, 3.05) is 7.11 Å². The molecule has 0 saturated carbocycles. The second-order valence-corrected chi connectivity index (χ2v) is 5.84. The quantitative estimate of drug-likeness (QED) is 0.799. The molecule has 0 atom stereocenters. The van der Waals surface area contributed by atoms with E-state index in [4.69, 9.17) is 4.74 Å². The molecule has 0 aliphatic heterocycles. The molecule has 3 N–H and O–H groups in total. The normalized spacial score (nSPS) is 13.2. The number of para-hydroxylation sites is 1. The third-order valence-electron chi connectivity index (χ3n) is 4.34. The van der Waals surface area contributed by atoms with Crippen molar-refractivity contribution in [1.82, 2.24) is 10.3 Å². The van der Waals surface area contributed by atoms with Crippen LogP contribution in [0.2, 0.25) is 0 Å². The molecule has 2 aromatic rings. The molecule has 0 radical (unpaired) electrons. The number of pyridine rings is 1. The Morgan fingerprint density at radius 1 is 1.29 bits per heavy atom. The molecule has 0 spiro atoms. The lowest BCUT2D eigenvalue weighted by Crippen LogP contribution is -2.31. The van der Waals surface area contributed by atoms with Gasteiger partial charge in [0, 0.05) is 23.4 Å². The van der Waals surface area contributed by atoms with E-state index >= 15 is 0 Å². The fourth-order valence-electron chi connectivity index (χ4n) is 3.09. The highest BCUT2D eigenvalue weighted by Crippen LogP contribution is 2.28. The van der Waals surface area contributed by atoms with Crippen LogP contribution < -0.4 is 15.6 Å². The molecule has 1 amide bonds. The van der Waals surface area contributed by atoms with E-state index in [0.29, 0.717) is 17.7 Å². The smallest absolute Gasteiger partial charge is 0.264 e. The average molecular weight is 328 g/mol. The summed E-state index contributed by atoms with van der Waals surface area (Å²) in [6.07, 6.45) is 3.31. The maximum absolute atomic E-state index is 12.4. The van der Waals surface area contributed by atoms with Crippen LogP contribution in [-0.4, -0.2) is 23.1 Å². The van der Waals surface area contributed by atoms with Crippen LogP contribution in [0.3, 0.4) is 0 Å². The summed E-state index contributed by atoms with van der Waals surface area (Å²) in [5.41, 5.74) is 1.45. The topological polar surface area (TPSA) is 91.4 Å². The van der Waals surface area contributed by atoms with E-state index in [9.17, 15) is 14.7 Å². The lowest BCUT2D eigenvalue weighted by molar-refractivity contribution is 0.0946. The van der Waals surface area contributed by atoms with Gasteiger partial charge in [0.05, 0.1) is 7.11 Å². The number of aryl methyl sites for hydroxylation is 1. The minimum absolute atomic E-state index is 0.189. The third-order valence-corrected chi connectivity index (χ3v) is 4.34. The Balaban J connectivity index is 1.84. The van der Waals surface area contributed by atoms with Crippen molar-refractivity contribution in [3.8, 4) is 11.5 Å². The fourth-order valence-corrected chi connectivity index (χ4v) is 3.09. The van der Waals surface area contributed by atoms with Crippen molar-refractivity contribution in [2.24, 2.45) is 0 Å². The number of carbonyl (C=O) groups excluding carboxylic acids is 1. The van der Waals surface area contributed by atoms with Crippen LogP contribution in [0.5, 0.6) is 11.5 Å². The Bertz CT molecular complexity index is 826. The van der Waals surface area contributed by atoms with Crippen LogP contribution in [-0.2, 0) is 19.4 Å². The fraction of sp³-hybridized carbons (Fsp3) is 0.333. The second-order valence-electron chi connectivity index (χ2n) is 5.84. The van der Waals surface area contributed by atoms with Crippen molar-refractivity contribution in [1.29, 1.82) is 0 Å². The molecule has 1 heterocycles. The number of nitrogens with one attached hydrogen (secondary N) is 2. The molecule has 0 saturated heterocycles. The summed E-state index contributed by atoms with van der Waals surface area (Å²) in [4.78, 5) is 27.3. The van der Waals surface area contributed by atoms with E-state index in [2.05, 4.69) is 10.3 Å². The van der Waals surface area contributed by atoms with Gasteiger partial charge in [0.1, 0.15) is 17.1 Å². The molecule has 6 heteroatoms. The SMILES string of the molecule is COc1ccccc1CNC(=O)c1c(O)c2c([nH]c1=O)CCCC2. The van der Waals surface area contributed by atoms with Gasteiger partial charge in [-0.05, 0) is 31.7 Å². The first-order valence-electron chi connectivity index (χ1n) is 7.99. The number of carbonyl (C=O) groups is 1. The summed E-state index contributed by atoms with van der Waals surface area (Å²) < 4.78 is 5.24. The number of aromatic hydroxyl groups is 1. The largest absolute Gasteiger partial charge is 0.507 e. The number of methoxy groups -OCH3 is 1. The summed E-state index contributed by atoms with van der Waals surface area (Å²) in [7, 11) is 1.56. The molecule has 126 valence electrons. The standard InChI is InChI=1S/C18H20N2O4/c1-24-14-9-5-2-6-11(14)10-19-17(22)15-16(21)12-7-3-4-8-13(12)20-18(15)23/h2,5-6,9H,3-4,7-8,10H2,1H3,(H,19,22)(H2,20,21,23). The number of amides is 1. The molecule has 0 bridgehead atoms. The Morgan fingerprint density at radius 3 is 2.83 bits per heavy atom. The molecule has 24 heavy (non-hydrogen) atoms. The number of fused-ring (bicyclic) bond motifs is 1. The van der Waals surface area contributed by atoms with Crippen molar-refractivity contribution in [3.63, 3.8) is 0 Å². The predicted molar refractivity (Wildman–Crippen MR) is 89.5 cm³/mol. The Kier molecular flexibility index (Phi) is 4.55. The lowest BCUT2D eigenvalue weighted by Gasteiger charge is -2.18. The van der Waals surface area contributed by atoms with E-state index in [1.165, 1.54) is 0 Å². The lowest BCUT2D eigenvalue weighted by atomic mass is 9.93. The number of ether oxygens (including phenoxy) is 1. The predicted octanol–water partition coefficient (Wildman–Crippen LogP) is 1.90. The van der Waals surface area contributed by atoms with Crippen LogP contribution >= 0.6 is 0 Å². The highest BCUT2D eigenvalue weighted by atomic mass is 16.5. The maximum atomic E-state index is 12.4. The molecule has 1 aliphatic carbocycles. The van der Waals surface area contributed by atoms with E-state index in [1.807, 2.05) is 18.2 Å². The van der Waals surface area contributed by atoms with Gasteiger partial charge in [-0.3, -0.25) is 9.59 Å². The zero-order chi connectivity index (χ0) is 17.1. The molecule has 1 aromatic carbocycles. The molecule has 6 nitrogen and oxygen atoms in total. The van der Waals surface area contributed by atoms with Gasteiger partial charge in [-0.2, -0.15) is 0 Å². The van der Waals surface area contributed by atoms with Crippen molar-refractivity contribution >= 4 is 5.91 Å². The first-order valence-corrected chi connectivity index (χ1v) is 7.99. The number of aromatic nitrogens is 1. The summed E-state index contributed by atoms with van der Waals surface area (Å²) in [5.74, 6) is -0.125. The van der Waals surface area contributed by atoms with E-state index < -0.39 is 11.5 Å². The van der Waals surface area contributed by atoms with Crippen LogP contribution in [0.4, 0.5) is 0 Å². The number of rotatable bonds is 4. The molecule has 3 rings (SSSR count). The minimum Gasteiger partial charge on any atom is -0.507 e. The summed E-state index contributed by atoms with van der Waals surface area (Å²) in [6, 6.07) is 7.30. The highest BCUT2D eigenvalue weighted by molar-refractivity contribution is 5.96. The molecule has 1 aliphatic rings. The molecule has 0 fully saturated rings. The van der Waals surface area contributed by atoms with E-state index in [0.717, 1.165) is 30.5 Å². The number of hydrogen-bond donors (Lipinski definition) is 3. The van der Waals surface area contributed by atoms with Gasteiger partial charge in [0.2, 0.25) is 0 Å². The van der Waals surface area contributed by atoms with Crippen molar-refractivity contribution in [2.45, 2.75) is 32.2 Å². The van der Waals surface area contributed by atoms with Gasteiger partial charge >= 0.3 is 0 Å². The van der Waals surface area contributed by atoms with Gasteiger partial charge < -0.3 is 20.1 Å². The van der Waals surface area contributed by atoms with Gasteiger partial charge in [-0.1, -0.05) is 18.2 Å². The monoisotopic (exact) mass is 328 g/mol. The van der Waals surface area contributed by atoms with E-state index in [1.54, 1.807) is 13.2 Å². The number of H-pyrrole nitrogens is 1. The van der Waals surface area contributed by atoms with Crippen molar-refractivity contribution in [3.05, 3.63) is 57.0 Å². The Morgan fingerprint density at radius 2 is 2.04 bits per heavy atom. The van der Waals surface area contributed by atoms with Crippen LogP contribution in [0.1, 0.15) is 40.0 Å². The van der Waals surface area contributed by atoms with E-state index in [-0.39, 0.29) is 17.9 Å². The number of aromatic amines is 1. The third kappa shape index (κ3) is 2.99. The molecule has 0 unspecified atom stereocenters. The zero-order valence-corrected chi connectivity index (χ0v) is 13.5. The minimum atomic E-state index is -0.590. The average Bonchev–Trinajstić information content (AvgIpc) is 2.60. The van der Waals surface area contributed by atoms with Crippen LogP contribution in [0.25, 0.3) is 0 Å². The van der Waals surface area contributed by atoms with Gasteiger partial charge in [0.15, 0.2) is 0 Å². The van der Waals surface area contributed by atoms with Crippen LogP contribution in [0.15, 0.2) is 29.1 Å². The summed E-state index contributed by atoms with van der Waals surface area (Å²) >= 11 is 0. The van der Waals surface area contributed by atoms with Gasteiger partial charge in [-0.25, -0.2) is 0 Å². The summed E-state index contributed by atoms with van der Waals surface area (Å²) in [6.45, 7) is 0.207. The molecule has 1 aromatic heterocycles.